The number of Topliss-reactive ketones (excluding diaryl/α,β-unsaturated/α-hetero) is 1. The molecule has 3 saturated carbocycles. The largest absolute Gasteiger partial charge is 0.489 e. The second-order valence-corrected chi connectivity index (χ2v) is 6.95. The van der Waals surface area contributed by atoms with Crippen molar-refractivity contribution in [3.63, 3.8) is 0 Å². The van der Waals surface area contributed by atoms with Crippen LogP contribution in [0.3, 0.4) is 0 Å². The van der Waals surface area contributed by atoms with Crippen LogP contribution in [-0.4, -0.2) is 16.9 Å². The van der Waals surface area contributed by atoms with Gasteiger partial charge in [-0.1, -0.05) is 0 Å². The summed E-state index contributed by atoms with van der Waals surface area (Å²) in [5.74, 6) is 4.35. The molecule has 4 unspecified atom stereocenters. The van der Waals surface area contributed by atoms with E-state index in [1.165, 1.54) is 19.3 Å². The zero-order chi connectivity index (χ0) is 13.9. The summed E-state index contributed by atoms with van der Waals surface area (Å²) in [6.07, 6.45) is 7.58. The van der Waals surface area contributed by atoms with Crippen LogP contribution in [-0.2, 0) is 0 Å². The molecule has 3 nitrogen and oxygen atoms in total. The third-order valence-electron chi connectivity index (χ3n) is 5.41. The van der Waals surface area contributed by atoms with Crippen molar-refractivity contribution in [3.05, 3.63) is 24.0 Å². The highest BCUT2D eigenvalue weighted by atomic mass is 16.5. The minimum absolute atomic E-state index is 0.110. The lowest BCUT2D eigenvalue weighted by Crippen LogP contribution is -2.11. The smallest absolute Gasteiger partial charge is 0.168 e. The Labute approximate surface area is 119 Å². The third kappa shape index (κ3) is 1.79. The number of hydrogen-bond donors (Lipinski definition) is 0. The molecule has 0 N–H and O–H groups in total. The summed E-state index contributed by atoms with van der Waals surface area (Å²) in [7, 11) is 0. The second-order valence-electron chi connectivity index (χ2n) is 6.95. The fourth-order valence-electron chi connectivity index (χ4n) is 4.76. The van der Waals surface area contributed by atoms with Crippen molar-refractivity contribution < 1.29 is 9.53 Å². The monoisotopic (exact) mass is 271 g/mol. The summed E-state index contributed by atoms with van der Waals surface area (Å²) in [5, 5.41) is 0. The van der Waals surface area contributed by atoms with Crippen LogP contribution >= 0.6 is 0 Å². The molecule has 0 saturated heterocycles. The molecule has 0 amide bonds. The lowest BCUT2D eigenvalue weighted by atomic mass is 9.97. The molecule has 0 aliphatic heterocycles. The maximum Gasteiger partial charge on any atom is 0.168 e. The first kappa shape index (κ1) is 12.4. The molecular formula is C17H21NO2. The summed E-state index contributed by atoms with van der Waals surface area (Å²) in [6, 6.07) is 1.87. The van der Waals surface area contributed by atoms with Gasteiger partial charge in [0.2, 0.25) is 0 Å². The molecule has 2 bridgehead atoms. The molecule has 0 aromatic carbocycles. The predicted octanol–water partition coefficient (Wildman–Crippen LogP) is 3.34. The molecule has 4 atom stereocenters. The van der Waals surface area contributed by atoms with Crippen LogP contribution in [0, 0.1) is 29.6 Å². The number of carbonyl (C=O) groups excluding carboxylic acids is 1. The molecule has 3 aliphatic carbocycles. The topological polar surface area (TPSA) is 39.2 Å². The van der Waals surface area contributed by atoms with E-state index in [1.54, 1.807) is 12.4 Å². The number of hydrogen-bond acceptors (Lipinski definition) is 3. The van der Waals surface area contributed by atoms with Crippen molar-refractivity contribution in [1.29, 1.82) is 0 Å². The normalized spacial score (nSPS) is 37.0. The van der Waals surface area contributed by atoms with Gasteiger partial charge in [-0.15, -0.1) is 0 Å². The van der Waals surface area contributed by atoms with Gasteiger partial charge in [0.1, 0.15) is 5.75 Å². The summed E-state index contributed by atoms with van der Waals surface area (Å²) >= 11 is 0. The Hall–Kier alpha value is -1.38. The number of pyridine rings is 1. The highest BCUT2D eigenvalue weighted by molar-refractivity contribution is 6.00. The van der Waals surface area contributed by atoms with Gasteiger partial charge in [0.15, 0.2) is 5.78 Å². The molecule has 4 rings (SSSR count). The van der Waals surface area contributed by atoms with Gasteiger partial charge in [0, 0.05) is 17.7 Å². The Morgan fingerprint density at radius 2 is 1.95 bits per heavy atom. The Bertz CT molecular complexity index is 538. The molecule has 0 radical (unpaired) electrons. The van der Waals surface area contributed by atoms with Gasteiger partial charge in [0.25, 0.3) is 0 Å². The molecule has 1 aromatic rings. The van der Waals surface area contributed by atoms with Crippen LogP contribution in [0.1, 0.15) is 43.5 Å². The molecule has 3 heteroatoms. The Morgan fingerprint density at radius 3 is 2.60 bits per heavy atom. The van der Waals surface area contributed by atoms with Gasteiger partial charge in [0.05, 0.1) is 12.3 Å². The lowest BCUT2D eigenvalue weighted by Gasteiger charge is -2.11. The quantitative estimate of drug-likeness (QED) is 0.788. The van der Waals surface area contributed by atoms with Gasteiger partial charge in [-0.25, -0.2) is 0 Å². The number of aromatic nitrogens is 1. The van der Waals surface area contributed by atoms with Gasteiger partial charge in [-0.3, -0.25) is 9.78 Å². The minimum Gasteiger partial charge on any atom is -0.489 e. The van der Waals surface area contributed by atoms with Crippen molar-refractivity contribution in [2.75, 3.05) is 0 Å². The van der Waals surface area contributed by atoms with Crippen molar-refractivity contribution >= 4 is 5.78 Å². The lowest BCUT2D eigenvalue weighted by molar-refractivity contribution is 0.0943. The van der Waals surface area contributed by atoms with Crippen LogP contribution in [0.5, 0.6) is 5.75 Å². The summed E-state index contributed by atoms with van der Waals surface area (Å²) in [6.45, 7) is 3.97. The number of carbonyl (C=O) groups is 1. The molecule has 3 fully saturated rings. The number of rotatable bonds is 4. The van der Waals surface area contributed by atoms with E-state index in [2.05, 4.69) is 4.98 Å². The number of nitrogens with zero attached hydrogens (tertiary/aromatic N) is 1. The molecule has 1 aromatic heterocycles. The average molecular weight is 271 g/mol. The van der Waals surface area contributed by atoms with Gasteiger partial charge in [-0.2, -0.15) is 0 Å². The Balaban J connectivity index is 1.52. The van der Waals surface area contributed by atoms with Crippen molar-refractivity contribution in [1.82, 2.24) is 4.98 Å². The molecule has 1 heterocycles. The molecule has 0 spiro atoms. The first-order valence-corrected chi connectivity index (χ1v) is 7.81. The number of ketones is 1. The second kappa shape index (κ2) is 4.31. The van der Waals surface area contributed by atoms with Crippen molar-refractivity contribution in [2.45, 2.75) is 39.2 Å². The fourth-order valence-corrected chi connectivity index (χ4v) is 4.76. The van der Waals surface area contributed by atoms with E-state index in [-0.39, 0.29) is 12.0 Å². The third-order valence-corrected chi connectivity index (χ3v) is 5.41. The van der Waals surface area contributed by atoms with Crippen LogP contribution < -0.4 is 4.74 Å². The first-order chi connectivity index (χ1) is 9.65. The summed E-state index contributed by atoms with van der Waals surface area (Å²) in [4.78, 5) is 16.9. The van der Waals surface area contributed by atoms with E-state index in [1.807, 2.05) is 19.9 Å². The first-order valence-electron chi connectivity index (χ1n) is 7.81. The fraction of sp³-hybridized carbons (Fsp3) is 0.647. The summed E-state index contributed by atoms with van der Waals surface area (Å²) in [5.41, 5.74) is 0.738. The average Bonchev–Trinajstić information content (AvgIpc) is 2.85. The van der Waals surface area contributed by atoms with Gasteiger partial charge < -0.3 is 4.74 Å². The Morgan fingerprint density at radius 1 is 1.25 bits per heavy atom. The highest BCUT2D eigenvalue weighted by Crippen LogP contribution is 2.69. The SMILES string of the molecule is CC(C)Oc1cncc(C(=O)C2C3C4CCC(C4)C23)c1. The van der Waals surface area contributed by atoms with Crippen LogP contribution in [0.4, 0.5) is 0 Å². The van der Waals surface area contributed by atoms with Crippen molar-refractivity contribution in [2.24, 2.45) is 29.6 Å². The standard InChI is InChI=1S/C17H21NO2/c1-9(2)20-13-6-12(7-18-8-13)17(19)16-14-10-3-4-11(5-10)15(14)16/h6-11,14-16H,3-5H2,1-2H3. The van der Waals surface area contributed by atoms with Crippen LogP contribution in [0.15, 0.2) is 18.5 Å². The molecule has 3 aliphatic rings. The van der Waals surface area contributed by atoms with E-state index < -0.39 is 0 Å². The minimum atomic E-state index is 0.110. The van der Waals surface area contributed by atoms with Crippen molar-refractivity contribution in [3.8, 4) is 5.75 Å². The van der Waals surface area contributed by atoms with Crippen LogP contribution in [0.2, 0.25) is 0 Å². The van der Waals surface area contributed by atoms with E-state index >= 15 is 0 Å². The zero-order valence-corrected chi connectivity index (χ0v) is 12.1. The predicted molar refractivity (Wildman–Crippen MR) is 75.6 cm³/mol. The summed E-state index contributed by atoms with van der Waals surface area (Å²) < 4.78 is 5.64. The Kier molecular flexibility index (Phi) is 2.66. The molecule has 106 valence electrons. The maximum atomic E-state index is 12.7. The van der Waals surface area contributed by atoms with Gasteiger partial charge >= 0.3 is 0 Å². The van der Waals surface area contributed by atoms with E-state index in [0.29, 0.717) is 23.4 Å². The number of ether oxygens (including phenoxy) is 1. The van der Waals surface area contributed by atoms with Crippen LogP contribution in [0.25, 0.3) is 0 Å². The zero-order valence-electron chi connectivity index (χ0n) is 12.1. The molecule has 20 heavy (non-hydrogen) atoms. The molecular weight excluding hydrogens is 250 g/mol. The van der Waals surface area contributed by atoms with Gasteiger partial charge in [-0.05, 0) is 62.8 Å². The van der Waals surface area contributed by atoms with E-state index in [4.69, 9.17) is 4.74 Å². The maximum absolute atomic E-state index is 12.7. The highest BCUT2D eigenvalue weighted by Gasteiger charge is 2.67. The van der Waals surface area contributed by atoms with E-state index in [0.717, 1.165) is 17.4 Å². The van der Waals surface area contributed by atoms with E-state index in [9.17, 15) is 4.79 Å². The number of fused-ring (bicyclic) bond motifs is 5.